The number of benzene rings is 3. The number of anilines is 3. The van der Waals surface area contributed by atoms with Gasteiger partial charge in [0.1, 0.15) is 0 Å². The molecule has 164 valence electrons. The molecule has 1 amide bonds. The van der Waals surface area contributed by atoms with Crippen LogP contribution in [0, 0.1) is 0 Å². The van der Waals surface area contributed by atoms with Gasteiger partial charge in [-0.2, -0.15) is 0 Å². The van der Waals surface area contributed by atoms with E-state index in [0.29, 0.717) is 17.3 Å². The highest BCUT2D eigenvalue weighted by molar-refractivity contribution is 6.07. The summed E-state index contributed by atoms with van der Waals surface area (Å²) in [5, 5.41) is 0. The standard InChI is InChI=1S/C14H14N2.C14H17NO/c15-13-8-4-7-12(14(13)16)10-9-11-5-2-1-3-6-11;1-14(2)12-10(9-7-8-9)5-4-6-11(12)15(3)13(14)16/h1-10H,15-16H2;4-6,9H,7-8H2,1-3H3. The molecule has 3 aromatic rings. The molecule has 0 unspecified atom stereocenters. The molecule has 0 atom stereocenters. The van der Waals surface area contributed by atoms with Crippen LogP contribution in [-0.4, -0.2) is 13.0 Å². The molecule has 5 rings (SSSR count). The smallest absolute Gasteiger partial charge is 0.236 e. The Bertz CT molecular complexity index is 1160. The van der Waals surface area contributed by atoms with E-state index < -0.39 is 0 Å². The summed E-state index contributed by atoms with van der Waals surface area (Å²) in [5.74, 6) is 0.920. The number of nitrogen functional groups attached to an aromatic ring is 2. The van der Waals surface area contributed by atoms with Crippen molar-refractivity contribution < 1.29 is 4.79 Å². The lowest BCUT2D eigenvalue weighted by Crippen LogP contribution is -2.33. The van der Waals surface area contributed by atoms with Gasteiger partial charge in [0.15, 0.2) is 0 Å². The number of nitrogens with zero attached hydrogens (tertiary/aromatic N) is 1. The van der Waals surface area contributed by atoms with Crippen LogP contribution in [0.3, 0.4) is 0 Å². The molecule has 0 spiro atoms. The average molecular weight is 426 g/mol. The van der Waals surface area contributed by atoms with Gasteiger partial charge >= 0.3 is 0 Å². The molecule has 32 heavy (non-hydrogen) atoms. The van der Waals surface area contributed by atoms with Crippen molar-refractivity contribution in [3.8, 4) is 0 Å². The molecule has 1 aliphatic heterocycles. The Balaban J connectivity index is 0.000000153. The number of carbonyl (C=O) groups excluding carboxylic acids is 1. The first-order valence-corrected chi connectivity index (χ1v) is 11.1. The van der Waals surface area contributed by atoms with Gasteiger partial charge in [0.25, 0.3) is 0 Å². The summed E-state index contributed by atoms with van der Waals surface area (Å²) >= 11 is 0. The zero-order chi connectivity index (χ0) is 22.9. The zero-order valence-corrected chi connectivity index (χ0v) is 19.0. The highest BCUT2D eigenvalue weighted by Gasteiger charge is 2.45. The second-order valence-corrected chi connectivity index (χ2v) is 9.10. The molecule has 2 aliphatic rings. The average Bonchev–Trinajstić information content (AvgIpc) is 3.63. The van der Waals surface area contributed by atoms with E-state index in [1.165, 1.54) is 24.0 Å². The van der Waals surface area contributed by atoms with Crippen molar-refractivity contribution in [1.29, 1.82) is 0 Å². The number of carbonyl (C=O) groups is 1. The zero-order valence-electron chi connectivity index (χ0n) is 19.0. The first kappa shape index (κ1) is 21.7. The Hall–Kier alpha value is -3.53. The van der Waals surface area contributed by atoms with Crippen LogP contribution >= 0.6 is 0 Å². The maximum atomic E-state index is 12.2. The van der Waals surface area contributed by atoms with Gasteiger partial charge in [-0.05, 0) is 67.0 Å². The largest absolute Gasteiger partial charge is 0.397 e. The maximum absolute atomic E-state index is 12.2. The van der Waals surface area contributed by atoms with Gasteiger partial charge in [0.05, 0.1) is 16.8 Å². The van der Waals surface area contributed by atoms with E-state index in [1.54, 1.807) is 11.0 Å². The highest BCUT2D eigenvalue weighted by atomic mass is 16.2. The van der Waals surface area contributed by atoms with Crippen molar-refractivity contribution in [3.63, 3.8) is 0 Å². The van der Waals surface area contributed by atoms with Gasteiger partial charge in [0.2, 0.25) is 5.91 Å². The summed E-state index contributed by atoms with van der Waals surface area (Å²) in [6, 6.07) is 22.1. The molecule has 4 N–H and O–H groups in total. The minimum absolute atomic E-state index is 0.218. The van der Waals surface area contributed by atoms with E-state index in [9.17, 15) is 4.79 Å². The summed E-state index contributed by atoms with van der Waals surface area (Å²) in [7, 11) is 1.88. The minimum Gasteiger partial charge on any atom is -0.397 e. The third-order valence-corrected chi connectivity index (χ3v) is 6.35. The first-order valence-electron chi connectivity index (χ1n) is 11.1. The molecular formula is C28H31N3O. The summed E-state index contributed by atoms with van der Waals surface area (Å²) < 4.78 is 0. The molecule has 1 saturated carbocycles. The van der Waals surface area contributed by atoms with E-state index in [4.69, 9.17) is 11.5 Å². The van der Waals surface area contributed by atoms with E-state index in [2.05, 4.69) is 18.2 Å². The molecular weight excluding hydrogens is 394 g/mol. The van der Waals surface area contributed by atoms with E-state index >= 15 is 0 Å². The Kier molecular flexibility index (Phi) is 5.79. The van der Waals surface area contributed by atoms with Gasteiger partial charge in [-0.1, -0.05) is 66.7 Å². The van der Waals surface area contributed by atoms with Crippen LogP contribution in [0.2, 0.25) is 0 Å². The monoisotopic (exact) mass is 425 g/mol. The van der Waals surface area contributed by atoms with Crippen LogP contribution in [0.5, 0.6) is 0 Å². The van der Waals surface area contributed by atoms with E-state index in [-0.39, 0.29) is 11.3 Å². The quantitative estimate of drug-likeness (QED) is 0.409. The van der Waals surface area contributed by atoms with E-state index in [0.717, 1.165) is 16.8 Å². The normalized spacial score (nSPS) is 16.6. The van der Waals surface area contributed by atoms with Crippen molar-refractivity contribution >= 4 is 35.1 Å². The predicted octanol–water partition coefficient (Wildman–Crippen LogP) is 5.84. The third kappa shape index (κ3) is 4.13. The van der Waals surface area contributed by atoms with Gasteiger partial charge < -0.3 is 16.4 Å². The van der Waals surface area contributed by atoms with Crippen LogP contribution in [0.1, 0.15) is 54.9 Å². The second kappa shape index (κ2) is 8.54. The molecule has 1 fully saturated rings. The van der Waals surface area contributed by atoms with Gasteiger partial charge in [-0.15, -0.1) is 0 Å². The van der Waals surface area contributed by atoms with E-state index in [1.807, 2.05) is 75.5 Å². The van der Waals surface area contributed by atoms with Crippen LogP contribution in [0.4, 0.5) is 17.1 Å². The number of para-hydroxylation sites is 1. The third-order valence-electron chi connectivity index (χ3n) is 6.35. The summed E-state index contributed by atoms with van der Waals surface area (Å²) in [5.41, 5.74) is 18.4. The first-order chi connectivity index (χ1) is 15.3. The topological polar surface area (TPSA) is 72.3 Å². The Morgan fingerprint density at radius 2 is 1.59 bits per heavy atom. The van der Waals surface area contributed by atoms with Gasteiger partial charge in [-0.3, -0.25) is 4.79 Å². The van der Waals surface area contributed by atoms with Gasteiger partial charge in [-0.25, -0.2) is 0 Å². The predicted molar refractivity (Wildman–Crippen MR) is 135 cm³/mol. The fourth-order valence-corrected chi connectivity index (χ4v) is 4.39. The lowest BCUT2D eigenvalue weighted by molar-refractivity contribution is -0.121. The Morgan fingerprint density at radius 1 is 0.906 bits per heavy atom. The van der Waals surface area contributed by atoms with Crippen molar-refractivity contribution in [2.24, 2.45) is 0 Å². The number of amides is 1. The van der Waals surface area contributed by atoms with Crippen LogP contribution in [-0.2, 0) is 10.2 Å². The van der Waals surface area contributed by atoms with Crippen LogP contribution in [0.25, 0.3) is 12.2 Å². The Morgan fingerprint density at radius 3 is 2.28 bits per heavy atom. The number of rotatable bonds is 3. The van der Waals surface area contributed by atoms with Crippen LogP contribution < -0.4 is 16.4 Å². The molecule has 1 heterocycles. The minimum atomic E-state index is -0.344. The molecule has 0 radical (unpaired) electrons. The second-order valence-electron chi connectivity index (χ2n) is 9.10. The number of nitrogens with two attached hydrogens (primary N) is 2. The number of likely N-dealkylation sites (N-methyl/N-ethyl adjacent to an activating group) is 1. The Labute approximate surface area is 190 Å². The molecule has 3 aromatic carbocycles. The number of fused-ring (bicyclic) bond motifs is 1. The lowest BCUT2D eigenvalue weighted by Gasteiger charge is -2.19. The van der Waals surface area contributed by atoms with Crippen molar-refractivity contribution in [3.05, 3.63) is 89.0 Å². The molecule has 4 heteroatoms. The summed E-state index contributed by atoms with van der Waals surface area (Å²) in [4.78, 5) is 14.0. The van der Waals surface area contributed by atoms with Crippen molar-refractivity contribution in [2.75, 3.05) is 23.4 Å². The molecule has 4 nitrogen and oxygen atoms in total. The number of hydrogen-bond donors (Lipinski definition) is 2. The maximum Gasteiger partial charge on any atom is 0.236 e. The fourth-order valence-electron chi connectivity index (χ4n) is 4.39. The highest BCUT2D eigenvalue weighted by Crippen LogP contribution is 2.50. The summed E-state index contributed by atoms with van der Waals surface area (Å²) in [6.07, 6.45) is 6.56. The SMILES string of the molecule is CN1C(=O)C(C)(C)c2c(C3CC3)cccc21.Nc1cccc(C=Cc2ccccc2)c1N. The molecule has 1 aliphatic carbocycles. The fraction of sp³-hybridized carbons (Fsp3) is 0.250. The van der Waals surface area contributed by atoms with Gasteiger partial charge in [0, 0.05) is 12.7 Å². The lowest BCUT2D eigenvalue weighted by atomic mass is 9.82. The number of hydrogen-bond acceptors (Lipinski definition) is 3. The van der Waals surface area contributed by atoms with Crippen molar-refractivity contribution in [2.45, 2.75) is 38.0 Å². The van der Waals surface area contributed by atoms with Crippen LogP contribution in [0.15, 0.2) is 66.7 Å². The molecule has 0 aromatic heterocycles. The summed E-state index contributed by atoms with van der Waals surface area (Å²) in [6.45, 7) is 4.09. The molecule has 0 bridgehead atoms. The van der Waals surface area contributed by atoms with Crippen molar-refractivity contribution in [1.82, 2.24) is 0 Å². The molecule has 0 saturated heterocycles.